The quantitative estimate of drug-likeness (QED) is 0.120. The van der Waals surface area contributed by atoms with Crippen LogP contribution in [0.15, 0.2) is 65.7 Å². The van der Waals surface area contributed by atoms with E-state index in [9.17, 15) is 14.4 Å². The van der Waals surface area contributed by atoms with Crippen LogP contribution in [0.4, 0.5) is 4.79 Å². The number of benzene rings is 3. The largest absolute Gasteiger partial charge is 0.451 e. The number of imidazole rings is 2. The highest BCUT2D eigenvalue weighted by molar-refractivity contribution is 6.40. The first-order valence-corrected chi connectivity index (χ1v) is 20.1. The van der Waals surface area contributed by atoms with Gasteiger partial charge in [-0.3, -0.25) is 9.59 Å². The van der Waals surface area contributed by atoms with E-state index in [1.54, 1.807) is 0 Å². The van der Waals surface area contributed by atoms with Crippen molar-refractivity contribution < 1.29 is 19.1 Å². The highest BCUT2D eigenvalue weighted by Gasteiger charge is 2.42. The molecule has 5 unspecified atom stereocenters. The third kappa shape index (κ3) is 7.34. The molecule has 0 bridgehead atoms. The summed E-state index contributed by atoms with van der Waals surface area (Å²) in [7, 11) is 1.26. The summed E-state index contributed by atoms with van der Waals surface area (Å²) in [6, 6.07) is 20.2. The number of aromatic amines is 2. The van der Waals surface area contributed by atoms with Gasteiger partial charge in [-0.05, 0) is 91.0 Å². The minimum atomic E-state index is -0.776. The van der Waals surface area contributed by atoms with Gasteiger partial charge in [-0.2, -0.15) is 4.99 Å². The number of methoxy groups -OCH3 is 1. The van der Waals surface area contributed by atoms with Gasteiger partial charge in [0.1, 0.15) is 17.4 Å². The molecule has 4 N–H and O–H groups in total. The van der Waals surface area contributed by atoms with Gasteiger partial charge in [-0.15, -0.1) is 0 Å². The van der Waals surface area contributed by atoms with E-state index in [1.807, 2.05) is 49.6 Å². The van der Waals surface area contributed by atoms with Crippen molar-refractivity contribution in [3.8, 4) is 22.3 Å². The summed E-state index contributed by atoms with van der Waals surface area (Å²) in [5, 5.41) is 0. The van der Waals surface area contributed by atoms with Crippen molar-refractivity contribution in [2.45, 2.75) is 110 Å². The molecule has 0 aliphatic carbocycles. The van der Waals surface area contributed by atoms with Crippen LogP contribution in [0, 0.1) is 11.8 Å². The highest BCUT2D eigenvalue weighted by atomic mass is 16.5. The fraction of sp³-hybridized carbons (Fsp3) is 0.455. The monoisotopic (exact) mass is 758 g/mol. The molecule has 12 heteroatoms. The number of nitrogens with one attached hydrogen (secondary N) is 2. The van der Waals surface area contributed by atoms with Gasteiger partial charge in [0.15, 0.2) is 0 Å². The molecule has 2 saturated heterocycles. The summed E-state index contributed by atoms with van der Waals surface area (Å²) in [4.78, 5) is 64.3. The van der Waals surface area contributed by atoms with Crippen LogP contribution in [-0.2, 0) is 14.3 Å². The van der Waals surface area contributed by atoms with Crippen molar-refractivity contribution >= 4 is 45.7 Å². The number of aliphatic imine (C=N–C) groups is 1. The van der Waals surface area contributed by atoms with E-state index in [4.69, 9.17) is 20.4 Å². The van der Waals surface area contributed by atoms with Crippen molar-refractivity contribution in [3.63, 3.8) is 0 Å². The van der Waals surface area contributed by atoms with Crippen LogP contribution in [0.3, 0.4) is 0 Å². The molecule has 5 aromatic rings. The maximum Gasteiger partial charge on any atom is 0.433 e. The Labute approximate surface area is 328 Å². The highest BCUT2D eigenvalue weighted by Crippen LogP contribution is 2.40. The zero-order valence-electron chi connectivity index (χ0n) is 33.5. The minimum absolute atomic E-state index is 0.00414. The normalized spacial score (nSPS) is 20.9. The van der Waals surface area contributed by atoms with E-state index in [-0.39, 0.29) is 53.5 Å². The van der Waals surface area contributed by atoms with E-state index >= 15 is 0 Å². The Morgan fingerprint density at radius 1 is 0.750 bits per heavy atom. The number of nitrogens with zero attached hydrogens (tertiary/aromatic N) is 5. The number of fused-ring (bicyclic) bond motifs is 2. The van der Waals surface area contributed by atoms with Gasteiger partial charge < -0.3 is 30.2 Å². The molecule has 294 valence electrons. The molecular formula is C44H54N8O4. The zero-order valence-corrected chi connectivity index (χ0v) is 33.5. The van der Waals surface area contributed by atoms with E-state index in [1.165, 1.54) is 7.11 Å². The molecule has 0 spiro atoms. The van der Waals surface area contributed by atoms with Gasteiger partial charge in [0.05, 0.1) is 47.3 Å². The van der Waals surface area contributed by atoms with Crippen molar-refractivity contribution in [2.75, 3.05) is 7.11 Å². The van der Waals surface area contributed by atoms with Crippen LogP contribution < -0.4 is 5.73 Å². The first-order valence-electron chi connectivity index (χ1n) is 20.1. The lowest BCUT2D eigenvalue weighted by Gasteiger charge is -2.32. The summed E-state index contributed by atoms with van der Waals surface area (Å²) < 4.78 is 4.75. The second kappa shape index (κ2) is 16.0. The maximum absolute atomic E-state index is 13.9. The van der Waals surface area contributed by atoms with Crippen molar-refractivity contribution in [1.29, 1.82) is 0 Å². The number of H-pyrrole nitrogens is 2. The molecule has 5 atom stereocenters. The molecule has 0 radical (unpaired) electrons. The van der Waals surface area contributed by atoms with Crippen LogP contribution in [0.1, 0.15) is 104 Å². The number of amides is 3. The fourth-order valence-electron chi connectivity index (χ4n) is 8.49. The lowest BCUT2D eigenvalue weighted by atomic mass is 10.00. The second-order valence-corrected chi connectivity index (χ2v) is 15.9. The first-order chi connectivity index (χ1) is 26.9. The van der Waals surface area contributed by atoms with Gasteiger partial charge in [0.2, 0.25) is 5.91 Å². The number of ether oxygens (including phenoxy) is 1. The van der Waals surface area contributed by atoms with E-state index < -0.39 is 12.1 Å². The predicted octanol–water partition coefficient (Wildman–Crippen LogP) is 8.50. The maximum atomic E-state index is 13.9. The number of hydrogen-bond acceptors (Lipinski definition) is 7. The van der Waals surface area contributed by atoms with Gasteiger partial charge in [0, 0.05) is 18.0 Å². The summed E-state index contributed by atoms with van der Waals surface area (Å²) in [6.07, 6.45) is 4.31. The number of hydrogen-bond donors (Lipinski definition) is 3. The third-order valence-electron chi connectivity index (χ3n) is 11.8. The molecule has 56 heavy (non-hydrogen) atoms. The molecular weight excluding hydrogens is 705 g/mol. The third-order valence-corrected chi connectivity index (χ3v) is 11.8. The minimum Gasteiger partial charge on any atom is -0.451 e. The smallest absolute Gasteiger partial charge is 0.433 e. The Morgan fingerprint density at radius 3 is 1.66 bits per heavy atom. The average Bonchev–Trinajstić information content (AvgIpc) is 4.02. The van der Waals surface area contributed by atoms with Crippen LogP contribution in [-0.4, -0.2) is 78.6 Å². The predicted molar refractivity (Wildman–Crippen MR) is 220 cm³/mol. The van der Waals surface area contributed by atoms with E-state index in [0.717, 1.165) is 94.5 Å². The Bertz CT molecular complexity index is 2270. The summed E-state index contributed by atoms with van der Waals surface area (Å²) in [5.41, 5.74) is 14.3. The number of aromatic nitrogens is 4. The number of carbonyl (C=O) groups excluding carboxylic acids is 3. The lowest BCUT2D eigenvalue weighted by molar-refractivity contribution is -0.137. The molecule has 2 fully saturated rings. The molecule has 3 aromatic carbocycles. The molecule has 4 heterocycles. The van der Waals surface area contributed by atoms with Crippen LogP contribution in [0.25, 0.3) is 44.3 Å². The van der Waals surface area contributed by atoms with Crippen molar-refractivity contribution in [1.82, 2.24) is 29.7 Å². The summed E-state index contributed by atoms with van der Waals surface area (Å²) >= 11 is 0. The SMILES string of the molecule is CCC1CCC(c2nc3ccc(-c4ccc(-c5ccc6nc(C7CCC(CC)N7C(=O)C(N)C(C)C)[nH]c6c5)cc4)cc3[nH]2)N1C(=O)C(=NC(=O)OC)C(C)C. The summed E-state index contributed by atoms with van der Waals surface area (Å²) in [5.74, 6) is 1.11. The Balaban J connectivity index is 1.11. The first kappa shape index (κ1) is 38.9. The van der Waals surface area contributed by atoms with Gasteiger partial charge in [-0.1, -0.05) is 77.9 Å². The van der Waals surface area contributed by atoms with Gasteiger partial charge >= 0.3 is 6.09 Å². The van der Waals surface area contributed by atoms with E-state index in [0.29, 0.717) is 0 Å². The van der Waals surface area contributed by atoms with E-state index in [2.05, 4.69) is 77.3 Å². The fourth-order valence-corrected chi connectivity index (χ4v) is 8.49. The Kier molecular flexibility index (Phi) is 11.1. The number of nitrogens with two attached hydrogens (primary N) is 1. The summed E-state index contributed by atoms with van der Waals surface area (Å²) in [6.45, 7) is 11.9. The molecule has 2 aromatic heterocycles. The van der Waals surface area contributed by atoms with Crippen LogP contribution >= 0.6 is 0 Å². The molecule has 7 rings (SSSR count). The Hall–Kier alpha value is -5.36. The molecule has 12 nitrogen and oxygen atoms in total. The van der Waals surface area contributed by atoms with Crippen LogP contribution in [0.2, 0.25) is 0 Å². The number of likely N-dealkylation sites (tertiary alicyclic amines) is 2. The molecule has 2 aliphatic rings. The van der Waals surface area contributed by atoms with Crippen molar-refractivity contribution in [3.05, 3.63) is 72.3 Å². The molecule has 3 amide bonds. The topological polar surface area (TPSA) is 163 Å². The number of carbonyl (C=O) groups is 3. The van der Waals surface area contributed by atoms with Gasteiger partial charge in [0.25, 0.3) is 5.91 Å². The molecule has 2 aliphatic heterocycles. The molecule has 0 saturated carbocycles. The second-order valence-electron chi connectivity index (χ2n) is 15.9. The standard InChI is InChI=1S/C44H54N8O4/c1-8-30-16-20-36(51(30)42(53)38(45)24(3)4)40-46-32-18-14-28(22-34(32)48-40)26-10-12-27(13-11-26)29-15-19-33-35(23-29)49-41(47-33)37-21-17-31(9-2)52(37)43(54)39(25(5)6)50-44(55)56-7/h10-15,18-19,22-25,30-31,36-38H,8-9,16-17,20-21,45H2,1-7H3,(H,46,48)(H,47,49). The van der Waals surface area contributed by atoms with Gasteiger partial charge in [-0.25, -0.2) is 14.8 Å². The number of rotatable bonds is 10. The Morgan fingerprint density at radius 2 is 1.21 bits per heavy atom. The van der Waals surface area contributed by atoms with Crippen molar-refractivity contribution in [2.24, 2.45) is 22.6 Å². The lowest BCUT2D eigenvalue weighted by Crippen LogP contribution is -2.49. The van der Waals surface area contributed by atoms with Crippen LogP contribution in [0.5, 0.6) is 0 Å². The average molecular weight is 759 g/mol. The zero-order chi connectivity index (χ0) is 39.8.